The molecule has 21 heavy (non-hydrogen) atoms. The van der Waals surface area contributed by atoms with Crippen LogP contribution in [0.25, 0.3) is 0 Å². The van der Waals surface area contributed by atoms with Crippen molar-refractivity contribution < 1.29 is 4.79 Å². The summed E-state index contributed by atoms with van der Waals surface area (Å²) < 4.78 is 0. The molecule has 0 radical (unpaired) electrons. The molecule has 3 nitrogen and oxygen atoms in total. The van der Waals surface area contributed by atoms with E-state index in [0.717, 1.165) is 32.4 Å². The third-order valence-corrected chi connectivity index (χ3v) is 3.64. The van der Waals surface area contributed by atoms with Gasteiger partial charge in [0.05, 0.1) is 6.04 Å². The highest BCUT2D eigenvalue weighted by Crippen LogP contribution is 2.21. The molecule has 0 bridgehead atoms. The van der Waals surface area contributed by atoms with Crippen LogP contribution in [-0.2, 0) is 4.79 Å². The number of nitrogens with one attached hydrogen (secondary N) is 1. The Kier molecular flexibility index (Phi) is 11.0. The fourth-order valence-corrected chi connectivity index (χ4v) is 2.33. The van der Waals surface area contributed by atoms with Gasteiger partial charge in [0.25, 0.3) is 0 Å². The van der Waals surface area contributed by atoms with Gasteiger partial charge in [0.1, 0.15) is 0 Å². The molecule has 4 heteroatoms. The highest BCUT2D eigenvalue weighted by Gasteiger charge is 2.20. The molecule has 0 aliphatic rings. The van der Waals surface area contributed by atoms with Gasteiger partial charge in [-0.15, -0.1) is 12.4 Å². The van der Waals surface area contributed by atoms with Crippen LogP contribution in [-0.4, -0.2) is 30.9 Å². The van der Waals surface area contributed by atoms with Gasteiger partial charge in [0.2, 0.25) is 5.91 Å². The van der Waals surface area contributed by atoms with Crippen LogP contribution in [0.5, 0.6) is 0 Å². The van der Waals surface area contributed by atoms with Crippen molar-refractivity contribution in [1.29, 1.82) is 0 Å². The molecule has 0 saturated heterocycles. The first-order valence-corrected chi connectivity index (χ1v) is 7.69. The van der Waals surface area contributed by atoms with Crippen molar-refractivity contribution in [2.45, 2.75) is 45.6 Å². The molecular formula is C17H29ClN2O. The second-order valence-electron chi connectivity index (χ2n) is 5.23. The predicted octanol–water partition coefficient (Wildman–Crippen LogP) is 3.80. The molecule has 0 aliphatic heterocycles. The lowest BCUT2D eigenvalue weighted by Gasteiger charge is -2.30. The summed E-state index contributed by atoms with van der Waals surface area (Å²) in [5.74, 6) is 0.269. The van der Waals surface area contributed by atoms with Gasteiger partial charge in [0.15, 0.2) is 0 Å². The number of unbranched alkanes of at least 4 members (excludes halogenated alkanes) is 1. The number of halogens is 1. The Morgan fingerprint density at radius 2 is 1.90 bits per heavy atom. The van der Waals surface area contributed by atoms with E-state index >= 15 is 0 Å². The molecule has 1 atom stereocenters. The Hall–Kier alpha value is -1.06. The largest absolute Gasteiger partial charge is 0.336 e. The minimum Gasteiger partial charge on any atom is -0.336 e. The molecule has 1 unspecified atom stereocenters. The Bertz CT molecular complexity index is 384. The number of rotatable bonds is 9. The van der Waals surface area contributed by atoms with Gasteiger partial charge in [-0.05, 0) is 38.9 Å². The van der Waals surface area contributed by atoms with Crippen LogP contribution in [0.2, 0.25) is 0 Å². The van der Waals surface area contributed by atoms with E-state index < -0.39 is 0 Å². The van der Waals surface area contributed by atoms with Crippen LogP contribution in [0.15, 0.2) is 30.3 Å². The number of carbonyl (C=O) groups is 1. The van der Waals surface area contributed by atoms with E-state index in [9.17, 15) is 4.79 Å². The maximum absolute atomic E-state index is 12.4. The van der Waals surface area contributed by atoms with Crippen LogP contribution < -0.4 is 5.32 Å². The summed E-state index contributed by atoms with van der Waals surface area (Å²) in [5, 5.41) is 3.10. The Balaban J connectivity index is 0.00000400. The molecule has 0 aromatic heterocycles. The molecule has 0 fully saturated rings. The summed E-state index contributed by atoms with van der Waals surface area (Å²) in [4.78, 5) is 14.5. The Morgan fingerprint density at radius 3 is 2.48 bits per heavy atom. The highest BCUT2D eigenvalue weighted by atomic mass is 35.5. The molecule has 1 N–H and O–H groups in total. The van der Waals surface area contributed by atoms with E-state index in [0.29, 0.717) is 6.42 Å². The van der Waals surface area contributed by atoms with E-state index in [-0.39, 0.29) is 24.4 Å². The molecule has 120 valence electrons. The molecule has 0 spiro atoms. The van der Waals surface area contributed by atoms with Gasteiger partial charge < -0.3 is 10.2 Å². The van der Waals surface area contributed by atoms with Gasteiger partial charge in [-0.25, -0.2) is 0 Å². The monoisotopic (exact) mass is 312 g/mol. The number of nitrogens with zero attached hydrogens (tertiary/aromatic N) is 1. The molecule has 0 heterocycles. The smallest absolute Gasteiger partial charge is 0.223 e. The molecule has 0 saturated carbocycles. The lowest BCUT2D eigenvalue weighted by molar-refractivity contribution is -0.133. The van der Waals surface area contributed by atoms with Gasteiger partial charge in [-0.3, -0.25) is 4.79 Å². The Morgan fingerprint density at radius 1 is 1.24 bits per heavy atom. The standard InChI is InChI=1S/C17H28N2O.ClH/c1-4-5-14-19(17(20)12-9-13-18-3)15(2)16-10-7-6-8-11-16;/h6-8,10-11,15,18H,4-5,9,12-14H2,1-3H3;1H. The van der Waals surface area contributed by atoms with Crippen molar-refractivity contribution in [2.75, 3.05) is 20.1 Å². The molecule has 0 aliphatic carbocycles. The lowest BCUT2D eigenvalue weighted by atomic mass is 10.1. The summed E-state index contributed by atoms with van der Waals surface area (Å²) in [7, 11) is 1.92. The molecule has 1 rings (SSSR count). The molecule has 1 amide bonds. The lowest BCUT2D eigenvalue weighted by Crippen LogP contribution is -2.34. The first-order chi connectivity index (χ1) is 9.70. The van der Waals surface area contributed by atoms with Crippen LogP contribution in [0.3, 0.4) is 0 Å². The first-order valence-electron chi connectivity index (χ1n) is 7.69. The van der Waals surface area contributed by atoms with Crippen molar-refractivity contribution in [3.8, 4) is 0 Å². The zero-order valence-corrected chi connectivity index (χ0v) is 14.3. The first kappa shape index (κ1) is 19.9. The van der Waals surface area contributed by atoms with Crippen LogP contribution >= 0.6 is 12.4 Å². The fourth-order valence-electron chi connectivity index (χ4n) is 2.33. The molecule has 1 aromatic carbocycles. The highest BCUT2D eigenvalue weighted by molar-refractivity contribution is 5.85. The predicted molar refractivity (Wildman–Crippen MR) is 91.9 cm³/mol. The van der Waals surface area contributed by atoms with Gasteiger partial charge >= 0.3 is 0 Å². The zero-order valence-electron chi connectivity index (χ0n) is 13.5. The third kappa shape index (κ3) is 6.96. The maximum Gasteiger partial charge on any atom is 0.223 e. The second kappa shape index (κ2) is 11.6. The minimum absolute atomic E-state index is 0. The van der Waals surface area contributed by atoms with E-state index in [1.807, 2.05) is 30.1 Å². The summed E-state index contributed by atoms with van der Waals surface area (Å²) in [6, 6.07) is 10.4. The van der Waals surface area contributed by atoms with Gasteiger partial charge in [-0.2, -0.15) is 0 Å². The average Bonchev–Trinajstić information content (AvgIpc) is 2.48. The third-order valence-electron chi connectivity index (χ3n) is 3.64. The summed E-state index contributed by atoms with van der Waals surface area (Å²) in [6.07, 6.45) is 3.71. The summed E-state index contributed by atoms with van der Waals surface area (Å²) in [6.45, 7) is 6.04. The van der Waals surface area contributed by atoms with Crippen molar-refractivity contribution in [3.63, 3.8) is 0 Å². The molecule has 1 aromatic rings. The number of carbonyl (C=O) groups excluding carboxylic acids is 1. The second-order valence-corrected chi connectivity index (χ2v) is 5.23. The van der Waals surface area contributed by atoms with Crippen molar-refractivity contribution in [1.82, 2.24) is 10.2 Å². The topological polar surface area (TPSA) is 32.3 Å². The van der Waals surface area contributed by atoms with E-state index in [4.69, 9.17) is 0 Å². The minimum atomic E-state index is 0. The van der Waals surface area contributed by atoms with Crippen molar-refractivity contribution >= 4 is 18.3 Å². The normalized spacial score (nSPS) is 11.6. The fraction of sp³-hybridized carbons (Fsp3) is 0.588. The quantitative estimate of drug-likeness (QED) is 0.703. The van der Waals surface area contributed by atoms with Crippen molar-refractivity contribution in [2.24, 2.45) is 0 Å². The van der Waals surface area contributed by atoms with Gasteiger partial charge in [0, 0.05) is 13.0 Å². The zero-order chi connectivity index (χ0) is 14.8. The van der Waals surface area contributed by atoms with Crippen LogP contribution in [0.4, 0.5) is 0 Å². The van der Waals surface area contributed by atoms with E-state index in [1.165, 1.54) is 5.56 Å². The summed E-state index contributed by atoms with van der Waals surface area (Å²) in [5.41, 5.74) is 1.21. The van der Waals surface area contributed by atoms with Crippen LogP contribution in [0, 0.1) is 0 Å². The maximum atomic E-state index is 12.4. The van der Waals surface area contributed by atoms with Gasteiger partial charge in [-0.1, -0.05) is 43.7 Å². The average molecular weight is 313 g/mol. The van der Waals surface area contributed by atoms with Crippen molar-refractivity contribution in [3.05, 3.63) is 35.9 Å². The van der Waals surface area contributed by atoms with E-state index in [2.05, 4.69) is 31.3 Å². The SMILES string of the molecule is CCCCN(C(=O)CCCNC)C(C)c1ccccc1.Cl. The Labute approximate surface area is 135 Å². The summed E-state index contributed by atoms with van der Waals surface area (Å²) >= 11 is 0. The van der Waals surface area contributed by atoms with E-state index in [1.54, 1.807) is 0 Å². The number of amides is 1. The number of benzene rings is 1. The van der Waals surface area contributed by atoms with Crippen LogP contribution in [0.1, 0.15) is 51.1 Å². The number of hydrogen-bond donors (Lipinski definition) is 1. The molecular weight excluding hydrogens is 284 g/mol. The number of hydrogen-bond acceptors (Lipinski definition) is 2.